The number of nitrogens with zero attached hydrogens (tertiary/aromatic N) is 1. The van der Waals surface area contributed by atoms with E-state index in [1.807, 2.05) is 4.90 Å². The minimum atomic E-state index is -1.47. The predicted octanol–water partition coefficient (Wildman–Crippen LogP) is 3.01. The highest BCUT2D eigenvalue weighted by Gasteiger charge is 2.29. The molecule has 1 amide bonds. The van der Waals surface area contributed by atoms with E-state index in [2.05, 4.69) is 45.3 Å². The Morgan fingerprint density at radius 2 is 2.05 bits per heavy atom. The molecule has 0 N–H and O–H groups in total. The molecule has 0 unspecified atom stereocenters. The Morgan fingerprint density at radius 1 is 1.37 bits per heavy atom. The van der Waals surface area contributed by atoms with Crippen LogP contribution in [0.1, 0.15) is 17.5 Å². The van der Waals surface area contributed by atoms with Crippen LogP contribution in [0.15, 0.2) is 24.8 Å². The predicted molar refractivity (Wildman–Crippen MR) is 85.0 cm³/mol. The average molecular weight is 273 g/mol. The molecule has 0 aromatic heterocycles. The number of rotatable bonds is 2. The van der Waals surface area contributed by atoms with Crippen molar-refractivity contribution in [3.8, 4) is 0 Å². The highest BCUT2D eigenvalue weighted by Crippen LogP contribution is 2.29. The first kappa shape index (κ1) is 14.1. The van der Waals surface area contributed by atoms with Crippen molar-refractivity contribution in [2.75, 3.05) is 11.4 Å². The van der Waals surface area contributed by atoms with Crippen molar-refractivity contribution in [1.82, 2.24) is 0 Å². The SMILES string of the molecule is C=CC(=O)N1CCCc2cc(C)cc([Si](C)(C)C)c21. The lowest BCUT2D eigenvalue weighted by Gasteiger charge is -2.34. The van der Waals surface area contributed by atoms with E-state index < -0.39 is 8.07 Å². The summed E-state index contributed by atoms with van der Waals surface area (Å²) in [5.74, 6) is 0.0318. The molecule has 0 fully saturated rings. The molecule has 1 aliphatic rings. The van der Waals surface area contributed by atoms with E-state index in [1.165, 1.54) is 28.1 Å². The quantitative estimate of drug-likeness (QED) is 0.599. The average Bonchev–Trinajstić information content (AvgIpc) is 2.34. The minimum absolute atomic E-state index is 0.0318. The van der Waals surface area contributed by atoms with Crippen LogP contribution >= 0.6 is 0 Å². The van der Waals surface area contributed by atoms with E-state index in [4.69, 9.17) is 0 Å². The van der Waals surface area contributed by atoms with E-state index in [9.17, 15) is 4.79 Å². The molecule has 1 aromatic rings. The van der Waals surface area contributed by atoms with Gasteiger partial charge >= 0.3 is 0 Å². The molecule has 102 valence electrons. The van der Waals surface area contributed by atoms with Crippen molar-refractivity contribution < 1.29 is 4.79 Å². The number of benzene rings is 1. The molecule has 0 radical (unpaired) electrons. The molecule has 1 heterocycles. The summed E-state index contributed by atoms with van der Waals surface area (Å²) in [7, 11) is -1.47. The number of aryl methyl sites for hydroxylation is 2. The standard InChI is InChI=1S/C16H23NOSi/c1-6-15(18)17-9-7-8-13-10-12(2)11-14(16(13)17)19(3,4)5/h6,10-11H,1,7-9H2,2-5H3. The first-order chi connectivity index (χ1) is 8.84. The Labute approximate surface area is 117 Å². The normalized spacial score (nSPS) is 15.1. The highest BCUT2D eigenvalue weighted by atomic mass is 28.3. The second-order valence-electron chi connectivity index (χ2n) is 6.37. The van der Waals surface area contributed by atoms with Crippen LogP contribution in [0, 0.1) is 6.92 Å². The van der Waals surface area contributed by atoms with Gasteiger partial charge in [0.15, 0.2) is 0 Å². The Morgan fingerprint density at radius 3 is 2.63 bits per heavy atom. The Kier molecular flexibility index (Phi) is 3.68. The minimum Gasteiger partial charge on any atom is -0.309 e. The maximum atomic E-state index is 12.1. The van der Waals surface area contributed by atoms with E-state index in [0.29, 0.717) is 0 Å². The molecule has 0 saturated carbocycles. The van der Waals surface area contributed by atoms with Gasteiger partial charge in [-0.05, 0) is 36.6 Å². The Hall–Kier alpha value is -1.35. The number of hydrogen-bond acceptors (Lipinski definition) is 1. The van der Waals surface area contributed by atoms with Gasteiger partial charge in [0.1, 0.15) is 0 Å². The van der Waals surface area contributed by atoms with Crippen LogP contribution in [0.25, 0.3) is 0 Å². The zero-order chi connectivity index (χ0) is 14.2. The zero-order valence-electron chi connectivity index (χ0n) is 12.4. The van der Waals surface area contributed by atoms with E-state index in [1.54, 1.807) is 0 Å². The third kappa shape index (κ3) is 2.66. The van der Waals surface area contributed by atoms with Gasteiger partial charge in [0.2, 0.25) is 5.91 Å². The van der Waals surface area contributed by atoms with Gasteiger partial charge in [0.05, 0.1) is 8.07 Å². The van der Waals surface area contributed by atoms with Gasteiger partial charge in [-0.25, -0.2) is 0 Å². The lowest BCUT2D eigenvalue weighted by molar-refractivity contribution is -0.114. The van der Waals surface area contributed by atoms with Gasteiger partial charge in [0, 0.05) is 12.2 Å². The molecule has 0 atom stereocenters. The van der Waals surface area contributed by atoms with Gasteiger partial charge in [0.25, 0.3) is 0 Å². The van der Waals surface area contributed by atoms with Crippen molar-refractivity contribution in [2.45, 2.75) is 39.4 Å². The first-order valence-electron chi connectivity index (χ1n) is 6.92. The second-order valence-corrected chi connectivity index (χ2v) is 11.4. The van der Waals surface area contributed by atoms with Crippen LogP contribution in [0.3, 0.4) is 0 Å². The summed E-state index contributed by atoms with van der Waals surface area (Å²) in [4.78, 5) is 14.0. The molecular formula is C16H23NOSi. The molecular weight excluding hydrogens is 250 g/mol. The highest BCUT2D eigenvalue weighted by molar-refractivity contribution is 6.89. The van der Waals surface area contributed by atoms with Crippen LogP contribution in [0.4, 0.5) is 5.69 Å². The van der Waals surface area contributed by atoms with Crippen molar-refractivity contribution in [1.29, 1.82) is 0 Å². The second kappa shape index (κ2) is 4.97. The van der Waals surface area contributed by atoms with E-state index in [0.717, 1.165) is 19.4 Å². The third-order valence-electron chi connectivity index (χ3n) is 3.68. The van der Waals surface area contributed by atoms with Gasteiger partial charge in [-0.15, -0.1) is 0 Å². The van der Waals surface area contributed by atoms with Crippen molar-refractivity contribution in [3.63, 3.8) is 0 Å². The van der Waals surface area contributed by atoms with Crippen molar-refractivity contribution in [2.24, 2.45) is 0 Å². The van der Waals surface area contributed by atoms with Crippen LogP contribution in [-0.4, -0.2) is 20.5 Å². The summed E-state index contributed by atoms with van der Waals surface area (Å²) >= 11 is 0. The van der Waals surface area contributed by atoms with Gasteiger partial charge in [-0.1, -0.05) is 43.9 Å². The fourth-order valence-electron chi connectivity index (χ4n) is 2.80. The van der Waals surface area contributed by atoms with Crippen LogP contribution < -0.4 is 10.1 Å². The van der Waals surface area contributed by atoms with Gasteiger partial charge < -0.3 is 4.90 Å². The lowest BCUT2D eigenvalue weighted by atomic mass is 9.99. The van der Waals surface area contributed by atoms with Gasteiger partial charge in [-0.3, -0.25) is 4.79 Å². The summed E-state index contributed by atoms with van der Waals surface area (Å²) in [6, 6.07) is 4.52. The van der Waals surface area contributed by atoms with Crippen LogP contribution in [0.5, 0.6) is 0 Å². The molecule has 1 aliphatic heterocycles. The Balaban J connectivity index is 2.66. The monoisotopic (exact) mass is 273 g/mol. The maximum Gasteiger partial charge on any atom is 0.250 e. The molecule has 0 spiro atoms. The number of anilines is 1. The van der Waals surface area contributed by atoms with E-state index in [-0.39, 0.29) is 5.91 Å². The molecule has 19 heavy (non-hydrogen) atoms. The largest absolute Gasteiger partial charge is 0.309 e. The molecule has 0 bridgehead atoms. The molecule has 3 heteroatoms. The molecule has 2 rings (SSSR count). The number of amides is 1. The van der Waals surface area contributed by atoms with Crippen molar-refractivity contribution in [3.05, 3.63) is 35.9 Å². The fraction of sp³-hybridized carbons (Fsp3) is 0.438. The summed E-state index contributed by atoms with van der Waals surface area (Å²) in [5.41, 5.74) is 3.82. The van der Waals surface area contributed by atoms with Crippen molar-refractivity contribution >= 4 is 24.9 Å². The van der Waals surface area contributed by atoms with Gasteiger partial charge in [-0.2, -0.15) is 0 Å². The summed E-state index contributed by atoms with van der Waals surface area (Å²) in [5, 5.41) is 1.40. The van der Waals surface area contributed by atoms with Crippen LogP contribution in [-0.2, 0) is 11.2 Å². The zero-order valence-corrected chi connectivity index (χ0v) is 13.4. The molecule has 2 nitrogen and oxygen atoms in total. The topological polar surface area (TPSA) is 20.3 Å². The van der Waals surface area contributed by atoms with E-state index >= 15 is 0 Å². The first-order valence-corrected chi connectivity index (χ1v) is 10.4. The molecule has 0 saturated heterocycles. The lowest BCUT2D eigenvalue weighted by Crippen LogP contribution is -2.46. The summed E-state index contributed by atoms with van der Waals surface area (Å²) < 4.78 is 0. The third-order valence-corrected chi connectivity index (χ3v) is 5.68. The smallest absolute Gasteiger partial charge is 0.250 e. The molecule has 1 aromatic carbocycles. The number of carbonyl (C=O) groups is 1. The molecule has 0 aliphatic carbocycles. The maximum absolute atomic E-state index is 12.1. The number of fused-ring (bicyclic) bond motifs is 1. The summed E-state index contributed by atoms with van der Waals surface area (Å²) in [6.45, 7) is 13.6. The Bertz CT molecular complexity index is 528. The number of carbonyl (C=O) groups excluding carboxylic acids is 1. The number of hydrogen-bond donors (Lipinski definition) is 0. The fourth-order valence-corrected chi connectivity index (χ4v) is 4.47. The van der Waals surface area contributed by atoms with Crippen LogP contribution in [0.2, 0.25) is 19.6 Å². The summed E-state index contributed by atoms with van der Waals surface area (Å²) in [6.07, 6.45) is 3.56.